The van der Waals surface area contributed by atoms with E-state index in [9.17, 15) is 4.79 Å². The number of benzene rings is 1. The van der Waals surface area contributed by atoms with Crippen molar-refractivity contribution < 1.29 is 13.9 Å². The number of para-hydroxylation sites is 2. The molecule has 7 heteroatoms. The number of ether oxygens (including phenoxy) is 1. The van der Waals surface area contributed by atoms with Gasteiger partial charge in [-0.3, -0.25) is 4.79 Å². The van der Waals surface area contributed by atoms with E-state index in [4.69, 9.17) is 14.1 Å². The smallest absolute Gasteiger partial charge is 0.265 e. The Morgan fingerprint density at radius 1 is 1.17 bits per heavy atom. The van der Waals surface area contributed by atoms with E-state index in [1.165, 1.54) is 6.42 Å². The van der Waals surface area contributed by atoms with Gasteiger partial charge in [-0.15, -0.1) is 11.3 Å². The number of nitrogens with zero attached hydrogens (tertiary/aromatic N) is 3. The Bertz CT molecular complexity index is 1020. The summed E-state index contributed by atoms with van der Waals surface area (Å²) in [5, 5.41) is 2.02. The first-order valence-electron chi connectivity index (χ1n) is 10.5. The monoisotopic (exact) mass is 423 g/mol. The summed E-state index contributed by atoms with van der Waals surface area (Å²) in [6.45, 7) is 4.68. The van der Waals surface area contributed by atoms with Crippen molar-refractivity contribution >= 4 is 22.9 Å². The van der Waals surface area contributed by atoms with Crippen molar-refractivity contribution in [2.24, 2.45) is 0 Å². The van der Waals surface area contributed by atoms with E-state index in [1.807, 2.05) is 53.6 Å². The average molecular weight is 424 g/mol. The summed E-state index contributed by atoms with van der Waals surface area (Å²) in [4.78, 5) is 23.0. The number of thiophene rings is 1. The Morgan fingerprint density at radius 2 is 2.00 bits per heavy atom. The number of hydrogen-bond acceptors (Lipinski definition) is 6. The van der Waals surface area contributed by atoms with Gasteiger partial charge in [0, 0.05) is 13.1 Å². The molecule has 6 nitrogen and oxygen atoms in total. The van der Waals surface area contributed by atoms with Crippen LogP contribution in [0.2, 0.25) is 0 Å². The Kier molecular flexibility index (Phi) is 5.21. The van der Waals surface area contributed by atoms with Gasteiger partial charge in [-0.2, -0.15) is 0 Å². The molecular weight excluding hydrogens is 398 g/mol. The number of carbonyl (C=O) groups is 1. The minimum absolute atomic E-state index is 0.0883. The average Bonchev–Trinajstić information content (AvgIpc) is 3.44. The molecule has 4 heterocycles. The van der Waals surface area contributed by atoms with Crippen LogP contribution in [0.1, 0.15) is 30.7 Å². The Morgan fingerprint density at radius 3 is 2.80 bits per heavy atom. The third-order valence-corrected chi connectivity index (χ3v) is 6.63. The molecule has 1 aromatic carbocycles. The lowest BCUT2D eigenvalue weighted by Crippen LogP contribution is -2.51. The zero-order valence-corrected chi connectivity index (χ0v) is 17.9. The summed E-state index contributed by atoms with van der Waals surface area (Å²) >= 11 is 1.61. The van der Waals surface area contributed by atoms with Crippen LogP contribution in [0.25, 0.3) is 10.8 Å². The highest BCUT2D eigenvalue weighted by atomic mass is 32.1. The van der Waals surface area contributed by atoms with Crippen LogP contribution in [0.15, 0.2) is 46.2 Å². The number of aryl methyl sites for hydroxylation is 1. The summed E-state index contributed by atoms with van der Waals surface area (Å²) in [5.41, 5.74) is 1.87. The largest absolute Gasteiger partial charge is 0.477 e. The van der Waals surface area contributed by atoms with Gasteiger partial charge in [0.1, 0.15) is 17.2 Å². The van der Waals surface area contributed by atoms with Gasteiger partial charge >= 0.3 is 0 Å². The van der Waals surface area contributed by atoms with Crippen molar-refractivity contribution in [2.75, 3.05) is 24.5 Å². The Labute approximate surface area is 180 Å². The predicted molar refractivity (Wildman–Crippen MR) is 117 cm³/mol. The number of likely N-dealkylation sites (tertiary alicyclic amines) is 1. The fourth-order valence-electron chi connectivity index (χ4n) is 4.16. The highest BCUT2D eigenvalue weighted by molar-refractivity contribution is 7.13. The number of anilines is 1. The number of piperidine rings is 1. The maximum absolute atomic E-state index is 13.1. The summed E-state index contributed by atoms with van der Waals surface area (Å²) < 4.78 is 12.1. The topological polar surface area (TPSA) is 58.8 Å². The molecule has 1 unspecified atom stereocenters. The molecule has 1 saturated heterocycles. The summed E-state index contributed by atoms with van der Waals surface area (Å²) in [6, 6.07) is 11.9. The maximum Gasteiger partial charge on any atom is 0.265 e. The zero-order chi connectivity index (χ0) is 20.5. The second kappa shape index (κ2) is 8.14. The number of rotatable bonds is 4. The molecule has 156 valence electrons. The molecule has 0 bridgehead atoms. The first-order valence-corrected chi connectivity index (χ1v) is 11.4. The first kappa shape index (κ1) is 19.2. The van der Waals surface area contributed by atoms with E-state index in [2.05, 4.69) is 4.90 Å². The van der Waals surface area contributed by atoms with Crippen LogP contribution in [-0.2, 0) is 11.3 Å². The van der Waals surface area contributed by atoms with Crippen LogP contribution in [0.3, 0.4) is 0 Å². The molecule has 0 radical (unpaired) electrons. The lowest BCUT2D eigenvalue weighted by Gasteiger charge is -2.38. The molecule has 30 heavy (non-hydrogen) atoms. The molecule has 1 amide bonds. The molecular formula is C23H25N3O3S. The van der Waals surface area contributed by atoms with E-state index in [1.54, 1.807) is 11.3 Å². The van der Waals surface area contributed by atoms with Crippen molar-refractivity contribution in [2.45, 2.75) is 38.8 Å². The van der Waals surface area contributed by atoms with Crippen molar-refractivity contribution in [1.29, 1.82) is 0 Å². The molecule has 2 aliphatic heterocycles. The van der Waals surface area contributed by atoms with Gasteiger partial charge in [-0.05, 0) is 49.8 Å². The van der Waals surface area contributed by atoms with Crippen LogP contribution in [0, 0.1) is 6.92 Å². The molecule has 0 saturated carbocycles. The van der Waals surface area contributed by atoms with Gasteiger partial charge < -0.3 is 19.0 Å². The highest BCUT2D eigenvalue weighted by Gasteiger charge is 2.34. The molecule has 0 spiro atoms. The number of hydrogen-bond donors (Lipinski definition) is 0. The molecule has 5 rings (SSSR count). The van der Waals surface area contributed by atoms with Crippen LogP contribution in [-0.4, -0.2) is 41.5 Å². The fraction of sp³-hybridized carbons (Fsp3) is 0.391. The van der Waals surface area contributed by atoms with Gasteiger partial charge in [0.05, 0.1) is 23.7 Å². The molecule has 1 fully saturated rings. The van der Waals surface area contributed by atoms with E-state index in [0.717, 1.165) is 53.7 Å². The standard InChI is InChI=1S/C23H25N3O3S/c1-16-17(24-22(28-16)21-10-7-13-30-21)14-26-15-20(23(27)25-11-5-2-6-12-25)29-19-9-4-3-8-18(19)26/h3-4,7-10,13,20H,2,5-6,11-12,14-15H2,1H3. The van der Waals surface area contributed by atoms with Crippen molar-refractivity contribution in [3.8, 4) is 16.5 Å². The predicted octanol–water partition coefficient (Wildman–Crippen LogP) is 4.49. The number of oxazole rings is 1. The molecule has 1 atom stereocenters. The third-order valence-electron chi connectivity index (χ3n) is 5.77. The van der Waals surface area contributed by atoms with Gasteiger partial charge in [0.15, 0.2) is 6.10 Å². The number of carbonyl (C=O) groups excluding carboxylic acids is 1. The second-order valence-electron chi connectivity index (χ2n) is 7.84. The number of amides is 1. The minimum Gasteiger partial charge on any atom is -0.477 e. The van der Waals surface area contributed by atoms with E-state index in [0.29, 0.717) is 19.0 Å². The molecule has 2 aliphatic rings. The van der Waals surface area contributed by atoms with Crippen LogP contribution in [0.4, 0.5) is 5.69 Å². The Hall–Kier alpha value is -2.80. The molecule has 2 aromatic heterocycles. The maximum atomic E-state index is 13.1. The lowest BCUT2D eigenvalue weighted by molar-refractivity contribution is -0.139. The van der Waals surface area contributed by atoms with Gasteiger partial charge in [0.2, 0.25) is 5.89 Å². The summed E-state index contributed by atoms with van der Waals surface area (Å²) in [5.74, 6) is 2.30. The second-order valence-corrected chi connectivity index (χ2v) is 8.79. The van der Waals surface area contributed by atoms with E-state index < -0.39 is 6.10 Å². The van der Waals surface area contributed by atoms with Gasteiger partial charge in [0.25, 0.3) is 5.91 Å². The zero-order valence-electron chi connectivity index (χ0n) is 17.0. The number of aromatic nitrogens is 1. The van der Waals surface area contributed by atoms with Crippen molar-refractivity contribution in [3.05, 3.63) is 53.2 Å². The normalized spacial score (nSPS) is 18.8. The minimum atomic E-state index is -0.498. The molecule has 0 aliphatic carbocycles. The summed E-state index contributed by atoms with van der Waals surface area (Å²) in [6.07, 6.45) is 2.84. The van der Waals surface area contributed by atoms with Crippen molar-refractivity contribution in [1.82, 2.24) is 9.88 Å². The van der Waals surface area contributed by atoms with Crippen LogP contribution < -0.4 is 9.64 Å². The molecule has 0 N–H and O–H groups in total. The summed E-state index contributed by atoms with van der Waals surface area (Å²) in [7, 11) is 0. The number of fused-ring (bicyclic) bond motifs is 1. The van der Waals surface area contributed by atoms with E-state index >= 15 is 0 Å². The van der Waals surface area contributed by atoms with Gasteiger partial charge in [-0.25, -0.2) is 4.98 Å². The molecule has 3 aromatic rings. The Balaban J connectivity index is 1.40. The highest BCUT2D eigenvalue weighted by Crippen LogP contribution is 2.35. The third kappa shape index (κ3) is 3.69. The quantitative estimate of drug-likeness (QED) is 0.619. The fourth-order valence-corrected chi connectivity index (χ4v) is 4.81. The van der Waals surface area contributed by atoms with Crippen molar-refractivity contribution in [3.63, 3.8) is 0 Å². The van der Waals surface area contributed by atoms with Crippen LogP contribution in [0.5, 0.6) is 5.75 Å². The van der Waals surface area contributed by atoms with E-state index in [-0.39, 0.29) is 5.91 Å². The lowest BCUT2D eigenvalue weighted by atomic mass is 10.1. The SMILES string of the molecule is Cc1oc(-c2cccs2)nc1CN1CC(C(=O)N2CCCCC2)Oc2ccccc21. The van der Waals surface area contributed by atoms with Crippen LogP contribution >= 0.6 is 11.3 Å². The van der Waals surface area contributed by atoms with Gasteiger partial charge in [-0.1, -0.05) is 18.2 Å². The first-order chi connectivity index (χ1) is 14.7.